The third-order valence-electron chi connectivity index (χ3n) is 4.35. The SMILES string of the molecule is CNc1nc(NC2CCC(CN)CC2)nc2ccccc12. The zero-order valence-electron chi connectivity index (χ0n) is 12.5. The third kappa shape index (κ3) is 3.08. The van der Waals surface area contributed by atoms with E-state index in [1.807, 2.05) is 31.3 Å². The number of hydrogen-bond donors (Lipinski definition) is 3. The Morgan fingerprint density at radius 2 is 1.90 bits per heavy atom. The van der Waals surface area contributed by atoms with Crippen LogP contribution in [0.25, 0.3) is 10.9 Å². The molecule has 0 amide bonds. The van der Waals surface area contributed by atoms with Crippen LogP contribution < -0.4 is 16.4 Å². The number of para-hydroxylation sites is 1. The Bertz CT molecular complexity index is 605. The monoisotopic (exact) mass is 285 g/mol. The van der Waals surface area contributed by atoms with Gasteiger partial charge in [0.1, 0.15) is 5.82 Å². The van der Waals surface area contributed by atoms with Crippen molar-refractivity contribution in [3.05, 3.63) is 24.3 Å². The van der Waals surface area contributed by atoms with E-state index in [0.29, 0.717) is 17.9 Å². The number of hydrogen-bond acceptors (Lipinski definition) is 5. The summed E-state index contributed by atoms with van der Waals surface area (Å²) in [5.74, 6) is 2.28. The lowest BCUT2D eigenvalue weighted by molar-refractivity contribution is 0.344. The highest BCUT2D eigenvalue weighted by molar-refractivity contribution is 5.89. The van der Waals surface area contributed by atoms with Gasteiger partial charge in [0.05, 0.1) is 5.52 Å². The molecular formula is C16H23N5. The van der Waals surface area contributed by atoms with Crippen LogP contribution in [0.3, 0.4) is 0 Å². The number of nitrogens with one attached hydrogen (secondary N) is 2. The molecule has 0 aliphatic heterocycles. The quantitative estimate of drug-likeness (QED) is 0.805. The molecular weight excluding hydrogens is 262 g/mol. The van der Waals surface area contributed by atoms with Gasteiger partial charge < -0.3 is 16.4 Å². The average Bonchev–Trinajstić information content (AvgIpc) is 2.55. The van der Waals surface area contributed by atoms with Crippen LogP contribution in [-0.2, 0) is 0 Å². The van der Waals surface area contributed by atoms with E-state index in [1.54, 1.807) is 0 Å². The number of benzene rings is 1. The van der Waals surface area contributed by atoms with Crippen molar-refractivity contribution in [3.8, 4) is 0 Å². The van der Waals surface area contributed by atoms with Gasteiger partial charge in [-0.05, 0) is 50.3 Å². The van der Waals surface area contributed by atoms with Gasteiger partial charge in [-0.15, -0.1) is 0 Å². The summed E-state index contributed by atoms with van der Waals surface area (Å²) >= 11 is 0. The maximum absolute atomic E-state index is 5.75. The van der Waals surface area contributed by atoms with Crippen LogP contribution in [0.4, 0.5) is 11.8 Å². The Balaban J connectivity index is 1.78. The Labute approximate surface area is 125 Å². The average molecular weight is 285 g/mol. The normalized spacial score (nSPS) is 22.2. The predicted molar refractivity (Wildman–Crippen MR) is 87.5 cm³/mol. The van der Waals surface area contributed by atoms with Crippen molar-refractivity contribution in [3.63, 3.8) is 0 Å². The second-order valence-corrected chi connectivity index (χ2v) is 5.76. The molecule has 1 fully saturated rings. The van der Waals surface area contributed by atoms with Crippen molar-refractivity contribution >= 4 is 22.7 Å². The molecule has 0 bridgehead atoms. The van der Waals surface area contributed by atoms with Crippen LogP contribution in [-0.4, -0.2) is 29.6 Å². The molecule has 0 spiro atoms. The zero-order chi connectivity index (χ0) is 14.7. The van der Waals surface area contributed by atoms with E-state index in [2.05, 4.69) is 20.6 Å². The molecule has 5 heteroatoms. The third-order valence-corrected chi connectivity index (χ3v) is 4.35. The van der Waals surface area contributed by atoms with Crippen molar-refractivity contribution in [1.82, 2.24) is 9.97 Å². The van der Waals surface area contributed by atoms with Crippen molar-refractivity contribution in [1.29, 1.82) is 0 Å². The first-order valence-electron chi connectivity index (χ1n) is 7.71. The molecule has 1 aliphatic rings. The van der Waals surface area contributed by atoms with Crippen LogP contribution in [0.5, 0.6) is 0 Å². The molecule has 1 aromatic heterocycles. The van der Waals surface area contributed by atoms with Crippen molar-refractivity contribution in [2.75, 3.05) is 24.2 Å². The topological polar surface area (TPSA) is 75.9 Å². The van der Waals surface area contributed by atoms with Crippen molar-refractivity contribution < 1.29 is 0 Å². The Morgan fingerprint density at radius 3 is 2.62 bits per heavy atom. The summed E-state index contributed by atoms with van der Waals surface area (Å²) in [4.78, 5) is 9.22. The number of rotatable bonds is 4. The lowest BCUT2D eigenvalue weighted by atomic mass is 9.86. The highest BCUT2D eigenvalue weighted by atomic mass is 15.1. The summed E-state index contributed by atoms with van der Waals surface area (Å²) in [7, 11) is 1.89. The summed E-state index contributed by atoms with van der Waals surface area (Å²) in [6, 6.07) is 8.53. The molecule has 4 N–H and O–H groups in total. The minimum absolute atomic E-state index is 0.457. The smallest absolute Gasteiger partial charge is 0.225 e. The van der Waals surface area contributed by atoms with Gasteiger partial charge in [0.15, 0.2) is 0 Å². The van der Waals surface area contributed by atoms with E-state index >= 15 is 0 Å². The fourth-order valence-corrected chi connectivity index (χ4v) is 3.06. The van der Waals surface area contributed by atoms with Crippen LogP contribution in [0.2, 0.25) is 0 Å². The highest BCUT2D eigenvalue weighted by Gasteiger charge is 2.21. The molecule has 1 heterocycles. The van der Waals surface area contributed by atoms with Crippen LogP contribution in [0, 0.1) is 5.92 Å². The van der Waals surface area contributed by atoms with Gasteiger partial charge >= 0.3 is 0 Å². The van der Waals surface area contributed by atoms with Gasteiger partial charge in [0.2, 0.25) is 5.95 Å². The number of aromatic nitrogens is 2. The first kappa shape index (κ1) is 14.1. The fraction of sp³-hybridized carbons (Fsp3) is 0.500. The Kier molecular flexibility index (Phi) is 4.20. The van der Waals surface area contributed by atoms with E-state index < -0.39 is 0 Å². The summed E-state index contributed by atoms with van der Waals surface area (Å²) < 4.78 is 0. The minimum Gasteiger partial charge on any atom is -0.372 e. The maximum atomic E-state index is 5.75. The molecule has 1 aromatic carbocycles. The van der Waals surface area contributed by atoms with E-state index in [0.717, 1.165) is 36.1 Å². The van der Waals surface area contributed by atoms with E-state index in [4.69, 9.17) is 5.73 Å². The van der Waals surface area contributed by atoms with Gasteiger partial charge in [0, 0.05) is 18.5 Å². The number of anilines is 2. The van der Waals surface area contributed by atoms with Gasteiger partial charge in [-0.1, -0.05) is 12.1 Å². The second kappa shape index (κ2) is 6.26. The molecule has 5 nitrogen and oxygen atoms in total. The molecule has 1 saturated carbocycles. The highest BCUT2D eigenvalue weighted by Crippen LogP contribution is 2.26. The van der Waals surface area contributed by atoms with Gasteiger partial charge in [-0.2, -0.15) is 4.98 Å². The minimum atomic E-state index is 0.457. The molecule has 0 unspecified atom stereocenters. The first-order chi connectivity index (χ1) is 10.3. The first-order valence-corrected chi connectivity index (χ1v) is 7.71. The van der Waals surface area contributed by atoms with Crippen LogP contribution >= 0.6 is 0 Å². The van der Waals surface area contributed by atoms with Crippen LogP contribution in [0.1, 0.15) is 25.7 Å². The Hall–Kier alpha value is -1.88. The Morgan fingerprint density at radius 1 is 1.14 bits per heavy atom. The zero-order valence-corrected chi connectivity index (χ0v) is 12.5. The summed E-state index contributed by atoms with van der Waals surface area (Å²) in [6.07, 6.45) is 4.68. The second-order valence-electron chi connectivity index (χ2n) is 5.76. The fourth-order valence-electron chi connectivity index (χ4n) is 3.06. The number of nitrogens with zero attached hydrogens (tertiary/aromatic N) is 2. The molecule has 0 atom stereocenters. The standard InChI is InChI=1S/C16H23N5/c1-18-15-13-4-2-3-5-14(13)20-16(21-15)19-12-8-6-11(10-17)7-9-12/h2-5,11-12H,6-10,17H2,1H3,(H2,18,19,20,21). The van der Waals surface area contributed by atoms with Crippen molar-refractivity contribution in [2.24, 2.45) is 11.7 Å². The predicted octanol–water partition coefficient (Wildman–Crippen LogP) is 2.60. The molecule has 3 rings (SSSR count). The van der Waals surface area contributed by atoms with Gasteiger partial charge in [0.25, 0.3) is 0 Å². The molecule has 1 aliphatic carbocycles. The summed E-state index contributed by atoms with van der Waals surface area (Å²) in [5, 5.41) is 7.70. The number of fused-ring (bicyclic) bond motifs is 1. The molecule has 21 heavy (non-hydrogen) atoms. The summed E-state index contributed by atoms with van der Waals surface area (Å²) in [6.45, 7) is 0.809. The lowest BCUT2D eigenvalue weighted by Gasteiger charge is -2.28. The number of nitrogens with two attached hydrogens (primary N) is 1. The van der Waals surface area contributed by atoms with Crippen LogP contribution in [0.15, 0.2) is 24.3 Å². The van der Waals surface area contributed by atoms with Crippen molar-refractivity contribution in [2.45, 2.75) is 31.7 Å². The van der Waals surface area contributed by atoms with Gasteiger partial charge in [-0.3, -0.25) is 0 Å². The molecule has 0 radical (unpaired) electrons. The maximum Gasteiger partial charge on any atom is 0.225 e. The molecule has 112 valence electrons. The largest absolute Gasteiger partial charge is 0.372 e. The summed E-state index contributed by atoms with van der Waals surface area (Å²) in [5.41, 5.74) is 6.72. The van der Waals surface area contributed by atoms with E-state index in [-0.39, 0.29) is 0 Å². The molecule has 2 aromatic rings. The molecule has 0 saturated heterocycles. The van der Waals surface area contributed by atoms with E-state index in [1.165, 1.54) is 12.8 Å². The van der Waals surface area contributed by atoms with E-state index in [9.17, 15) is 0 Å². The lowest BCUT2D eigenvalue weighted by Crippen LogP contribution is -2.29. The van der Waals surface area contributed by atoms with Gasteiger partial charge in [-0.25, -0.2) is 4.98 Å².